The molecule has 4 nitrogen and oxygen atoms in total. The van der Waals surface area contributed by atoms with E-state index in [1.807, 2.05) is 20.0 Å². The van der Waals surface area contributed by atoms with E-state index in [0.29, 0.717) is 19.5 Å². The van der Waals surface area contributed by atoms with Crippen LogP contribution >= 0.6 is 12.4 Å². The monoisotopic (exact) mass is 341 g/mol. The maximum Gasteiger partial charge on any atom is 0.227 e. The minimum absolute atomic E-state index is 0. The Morgan fingerprint density at radius 2 is 2.04 bits per heavy atom. The fraction of sp³-hybridized carbons (Fsp3) is 0.471. The van der Waals surface area contributed by atoms with Gasteiger partial charge in [0.05, 0.1) is 5.41 Å². The summed E-state index contributed by atoms with van der Waals surface area (Å²) in [4.78, 5) is 15.4. The van der Waals surface area contributed by atoms with Crippen LogP contribution in [0.15, 0.2) is 24.4 Å². The van der Waals surface area contributed by atoms with Gasteiger partial charge in [-0.2, -0.15) is 0 Å². The Balaban J connectivity index is 0.00000264. The average molecular weight is 342 g/mol. The summed E-state index contributed by atoms with van der Waals surface area (Å²) in [7, 11) is 0. The molecular weight excluding hydrogens is 317 g/mol. The summed E-state index contributed by atoms with van der Waals surface area (Å²) in [6, 6.07) is 4.69. The van der Waals surface area contributed by atoms with Gasteiger partial charge >= 0.3 is 0 Å². The fourth-order valence-corrected chi connectivity index (χ4v) is 2.82. The number of carbonyl (C=O) groups is 1. The molecule has 4 N–H and O–H groups in total. The highest BCUT2D eigenvalue weighted by Crippen LogP contribution is 2.25. The molecule has 2 rings (SSSR count). The Kier molecular flexibility index (Phi) is 7.03. The molecule has 128 valence electrons. The molecule has 0 spiro atoms. The first-order chi connectivity index (χ1) is 10.6. The molecule has 0 radical (unpaired) electrons. The van der Waals surface area contributed by atoms with Crippen LogP contribution in [0, 0.1) is 11.2 Å². The van der Waals surface area contributed by atoms with Crippen molar-refractivity contribution in [3.05, 3.63) is 35.8 Å². The number of benzene rings is 1. The first kappa shape index (κ1) is 19.5. The maximum absolute atomic E-state index is 13.2. The first-order valence-electron chi connectivity index (χ1n) is 7.80. The third-order valence-corrected chi connectivity index (χ3v) is 4.64. The van der Waals surface area contributed by atoms with Crippen LogP contribution in [0.5, 0.6) is 0 Å². The number of fused-ring (bicyclic) bond motifs is 1. The van der Waals surface area contributed by atoms with Crippen molar-refractivity contribution in [2.24, 2.45) is 11.1 Å². The van der Waals surface area contributed by atoms with E-state index in [2.05, 4.69) is 10.3 Å². The normalized spacial score (nSPS) is 11.3. The van der Waals surface area contributed by atoms with Gasteiger partial charge in [-0.3, -0.25) is 4.79 Å². The Bertz CT molecular complexity index is 644. The maximum atomic E-state index is 13.2. The quantitative estimate of drug-likeness (QED) is 0.724. The van der Waals surface area contributed by atoms with Crippen LogP contribution in [0.3, 0.4) is 0 Å². The lowest BCUT2D eigenvalue weighted by atomic mass is 9.81. The Morgan fingerprint density at radius 1 is 1.35 bits per heavy atom. The van der Waals surface area contributed by atoms with Gasteiger partial charge in [-0.05, 0) is 43.0 Å². The zero-order valence-corrected chi connectivity index (χ0v) is 14.4. The molecule has 0 unspecified atom stereocenters. The van der Waals surface area contributed by atoms with Crippen LogP contribution in [-0.4, -0.2) is 24.0 Å². The largest absolute Gasteiger partial charge is 0.361 e. The van der Waals surface area contributed by atoms with Crippen molar-refractivity contribution in [3.8, 4) is 0 Å². The van der Waals surface area contributed by atoms with Crippen LogP contribution in [0.1, 0.15) is 32.3 Å². The number of nitrogens with one attached hydrogen (secondary N) is 2. The van der Waals surface area contributed by atoms with Gasteiger partial charge in [0.2, 0.25) is 5.91 Å². The number of hydrogen-bond acceptors (Lipinski definition) is 2. The van der Waals surface area contributed by atoms with Crippen molar-refractivity contribution >= 4 is 29.2 Å². The minimum Gasteiger partial charge on any atom is -0.361 e. The van der Waals surface area contributed by atoms with Crippen molar-refractivity contribution in [3.63, 3.8) is 0 Å². The van der Waals surface area contributed by atoms with Crippen molar-refractivity contribution in [1.29, 1.82) is 0 Å². The van der Waals surface area contributed by atoms with E-state index in [4.69, 9.17) is 5.73 Å². The highest BCUT2D eigenvalue weighted by atomic mass is 35.5. The van der Waals surface area contributed by atoms with Crippen LogP contribution in [0.2, 0.25) is 0 Å². The van der Waals surface area contributed by atoms with E-state index >= 15 is 0 Å². The van der Waals surface area contributed by atoms with Gasteiger partial charge in [0.15, 0.2) is 0 Å². The van der Waals surface area contributed by atoms with Gasteiger partial charge in [-0.15, -0.1) is 12.4 Å². The van der Waals surface area contributed by atoms with Crippen LogP contribution < -0.4 is 11.1 Å². The minimum atomic E-state index is -0.469. The number of carbonyl (C=O) groups excluding carboxylic acids is 1. The third-order valence-electron chi connectivity index (χ3n) is 4.64. The molecule has 2 aromatic rings. The summed E-state index contributed by atoms with van der Waals surface area (Å²) in [5.41, 5.74) is 7.16. The zero-order chi connectivity index (χ0) is 16.2. The lowest BCUT2D eigenvalue weighted by Gasteiger charge is -2.28. The molecular formula is C17H25ClFN3O. The topological polar surface area (TPSA) is 70.9 Å². The molecule has 0 bridgehead atoms. The number of aromatic amines is 1. The summed E-state index contributed by atoms with van der Waals surface area (Å²) in [6.07, 6.45) is 4.04. The van der Waals surface area contributed by atoms with Gasteiger partial charge in [-0.1, -0.05) is 13.8 Å². The van der Waals surface area contributed by atoms with E-state index in [1.165, 1.54) is 12.1 Å². The Labute approximate surface area is 142 Å². The first-order valence-corrected chi connectivity index (χ1v) is 7.80. The predicted molar refractivity (Wildman–Crippen MR) is 94.3 cm³/mol. The lowest BCUT2D eigenvalue weighted by molar-refractivity contribution is -0.131. The summed E-state index contributed by atoms with van der Waals surface area (Å²) in [6.45, 7) is 4.89. The third kappa shape index (κ3) is 4.03. The highest BCUT2D eigenvalue weighted by molar-refractivity contribution is 5.85. The van der Waals surface area contributed by atoms with E-state index in [0.717, 1.165) is 29.3 Å². The number of H-pyrrole nitrogens is 1. The lowest BCUT2D eigenvalue weighted by Crippen LogP contribution is -2.45. The average Bonchev–Trinajstić information content (AvgIpc) is 2.92. The molecule has 0 saturated heterocycles. The van der Waals surface area contributed by atoms with Gasteiger partial charge in [0.25, 0.3) is 0 Å². The van der Waals surface area contributed by atoms with Gasteiger partial charge < -0.3 is 16.0 Å². The highest BCUT2D eigenvalue weighted by Gasteiger charge is 2.32. The number of rotatable bonds is 7. The molecule has 1 amide bonds. The summed E-state index contributed by atoms with van der Waals surface area (Å²) in [5.74, 6) is -0.237. The molecule has 0 atom stereocenters. The summed E-state index contributed by atoms with van der Waals surface area (Å²) in [5, 5.41) is 3.98. The molecule has 0 aliphatic rings. The standard InChI is InChI=1S/C17H24FN3O.ClH/c1-3-17(4-2,11-19)16(22)20-8-7-12-10-21-15-9-13(18)5-6-14(12)15;/h5-6,9-10,21H,3-4,7-8,11,19H2,1-2H3,(H,20,22);1H. The van der Waals surface area contributed by atoms with E-state index < -0.39 is 5.41 Å². The van der Waals surface area contributed by atoms with Crippen LogP contribution in [-0.2, 0) is 11.2 Å². The predicted octanol–water partition coefficient (Wildman–Crippen LogP) is 3.15. The molecule has 0 saturated carbocycles. The molecule has 1 aromatic carbocycles. The Morgan fingerprint density at radius 3 is 2.65 bits per heavy atom. The number of halogens is 2. The van der Waals surface area contributed by atoms with E-state index in [1.54, 1.807) is 6.07 Å². The smallest absolute Gasteiger partial charge is 0.227 e. The Hall–Kier alpha value is -1.59. The second-order valence-corrected chi connectivity index (χ2v) is 5.70. The van der Waals surface area contributed by atoms with Crippen molar-refractivity contribution < 1.29 is 9.18 Å². The second-order valence-electron chi connectivity index (χ2n) is 5.70. The van der Waals surface area contributed by atoms with Gasteiger partial charge in [-0.25, -0.2) is 4.39 Å². The molecule has 0 aliphatic carbocycles. The van der Waals surface area contributed by atoms with Crippen molar-refractivity contribution in [1.82, 2.24) is 10.3 Å². The fourth-order valence-electron chi connectivity index (χ4n) is 2.82. The van der Waals surface area contributed by atoms with Gasteiger partial charge in [0, 0.05) is 30.2 Å². The molecule has 6 heteroatoms. The van der Waals surface area contributed by atoms with Crippen LogP contribution in [0.25, 0.3) is 10.9 Å². The molecule has 0 fully saturated rings. The number of amides is 1. The van der Waals surface area contributed by atoms with Gasteiger partial charge in [0.1, 0.15) is 5.82 Å². The van der Waals surface area contributed by atoms with Crippen LogP contribution in [0.4, 0.5) is 4.39 Å². The van der Waals surface area contributed by atoms with Crippen molar-refractivity contribution in [2.45, 2.75) is 33.1 Å². The number of aromatic nitrogens is 1. The summed E-state index contributed by atoms with van der Waals surface area (Å²) < 4.78 is 13.2. The molecule has 1 heterocycles. The zero-order valence-electron chi connectivity index (χ0n) is 13.6. The van der Waals surface area contributed by atoms with Crippen molar-refractivity contribution in [2.75, 3.05) is 13.1 Å². The van der Waals surface area contributed by atoms with E-state index in [-0.39, 0.29) is 24.1 Å². The molecule has 1 aromatic heterocycles. The number of hydrogen-bond donors (Lipinski definition) is 3. The summed E-state index contributed by atoms with van der Waals surface area (Å²) >= 11 is 0. The number of nitrogens with two attached hydrogens (primary N) is 1. The molecule has 0 aliphatic heterocycles. The SMILES string of the molecule is CCC(CC)(CN)C(=O)NCCc1c[nH]c2cc(F)ccc12.Cl. The molecule has 23 heavy (non-hydrogen) atoms. The second kappa shape index (κ2) is 8.31. The van der Waals surface area contributed by atoms with E-state index in [9.17, 15) is 9.18 Å².